The Kier molecular flexibility index (Phi) is 3.95. The van der Waals surface area contributed by atoms with Crippen LogP contribution in [0.2, 0.25) is 0 Å². The first-order valence-corrected chi connectivity index (χ1v) is 8.92. The molecule has 0 saturated heterocycles. The Labute approximate surface area is 136 Å². The number of ether oxygens (including phenoxy) is 1. The molecule has 0 unspecified atom stereocenters. The second-order valence-corrected chi connectivity index (χ2v) is 7.57. The molecule has 1 aromatic heterocycles. The largest absolute Gasteiger partial charge is 0.495 e. The molecule has 0 spiro atoms. The van der Waals surface area contributed by atoms with Crippen LogP contribution in [0.1, 0.15) is 5.56 Å². The summed E-state index contributed by atoms with van der Waals surface area (Å²) in [6, 6.07) is 8.98. The zero-order chi connectivity index (χ0) is 16.6. The molecule has 5 nitrogen and oxygen atoms in total. The molecule has 0 radical (unpaired) electrons. The van der Waals surface area contributed by atoms with Gasteiger partial charge in [-0.15, -0.1) is 0 Å². The van der Waals surface area contributed by atoms with E-state index in [1.54, 1.807) is 19.1 Å². The van der Waals surface area contributed by atoms with Crippen molar-refractivity contribution in [1.82, 2.24) is 4.98 Å². The third kappa shape index (κ3) is 3.13. The number of nitrogens with one attached hydrogen (secondary N) is 1. The maximum Gasteiger partial charge on any atom is 0.267 e. The van der Waals surface area contributed by atoms with Gasteiger partial charge in [-0.3, -0.25) is 4.72 Å². The summed E-state index contributed by atoms with van der Waals surface area (Å²) in [6.45, 7) is 1.79. The highest BCUT2D eigenvalue weighted by Crippen LogP contribution is 2.31. The van der Waals surface area contributed by atoms with Gasteiger partial charge in [-0.05, 0) is 42.8 Å². The zero-order valence-electron chi connectivity index (χ0n) is 12.3. The van der Waals surface area contributed by atoms with Gasteiger partial charge in [0.25, 0.3) is 10.0 Å². The number of anilines is 1. The van der Waals surface area contributed by atoms with Crippen molar-refractivity contribution < 1.29 is 17.5 Å². The Morgan fingerprint density at radius 1 is 1.22 bits per heavy atom. The summed E-state index contributed by atoms with van der Waals surface area (Å²) in [5.74, 6) is -0.147. The average Bonchev–Trinajstić information content (AvgIpc) is 2.87. The van der Waals surface area contributed by atoms with Gasteiger partial charge in [0.05, 0.1) is 17.3 Å². The molecule has 8 heteroatoms. The predicted molar refractivity (Wildman–Crippen MR) is 88.1 cm³/mol. The molecule has 3 rings (SSSR count). The minimum atomic E-state index is -3.86. The van der Waals surface area contributed by atoms with Crippen LogP contribution < -0.4 is 9.46 Å². The fourth-order valence-corrected chi connectivity index (χ4v) is 4.49. The fraction of sp³-hybridized carbons (Fsp3) is 0.133. The van der Waals surface area contributed by atoms with Crippen LogP contribution in [0.5, 0.6) is 5.75 Å². The maximum absolute atomic E-state index is 13.2. The number of fused-ring (bicyclic) bond motifs is 1. The van der Waals surface area contributed by atoms with Crippen LogP contribution in [0.4, 0.5) is 9.52 Å². The summed E-state index contributed by atoms with van der Waals surface area (Å²) in [6.07, 6.45) is 0. The van der Waals surface area contributed by atoms with Crippen LogP contribution >= 0.6 is 11.3 Å². The van der Waals surface area contributed by atoms with Crippen LogP contribution in [0.25, 0.3) is 10.2 Å². The van der Waals surface area contributed by atoms with Crippen molar-refractivity contribution in [3.8, 4) is 5.75 Å². The number of hydrogen-bond acceptors (Lipinski definition) is 5. The van der Waals surface area contributed by atoms with Gasteiger partial charge in [-0.1, -0.05) is 17.4 Å². The normalized spacial score (nSPS) is 11.6. The number of aromatic nitrogens is 1. The quantitative estimate of drug-likeness (QED) is 0.780. The van der Waals surface area contributed by atoms with Crippen molar-refractivity contribution >= 4 is 36.7 Å². The van der Waals surface area contributed by atoms with Crippen LogP contribution in [0.3, 0.4) is 0 Å². The summed E-state index contributed by atoms with van der Waals surface area (Å²) >= 11 is 1.07. The Balaban J connectivity index is 2.01. The number of benzene rings is 2. The first-order valence-electron chi connectivity index (χ1n) is 6.62. The lowest BCUT2D eigenvalue weighted by Crippen LogP contribution is -2.14. The van der Waals surface area contributed by atoms with Gasteiger partial charge in [-0.2, -0.15) is 0 Å². The number of aryl methyl sites for hydroxylation is 1. The van der Waals surface area contributed by atoms with Crippen LogP contribution in [-0.4, -0.2) is 20.5 Å². The van der Waals surface area contributed by atoms with Gasteiger partial charge in [0, 0.05) is 0 Å². The summed E-state index contributed by atoms with van der Waals surface area (Å²) in [7, 11) is -2.45. The summed E-state index contributed by atoms with van der Waals surface area (Å²) in [5, 5.41) is 0.175. The van der Waals surface area contributed by atoms with E-state index in [9.17, 15) is 12.8 Å². The van der Waals surface area contributed by atoms with Crippen molar-refractivity contribution in [1.29, 1.82) is 0 Å². The molecule has 0 aliphatic heterocycles. The fourth-order valence-electron chi connectivity index (χ4n) is 2.11. The molecule has 120 valence electrons. The van der Waals surface area contributed by atoms with Gasteiger partial charge in [-0.25, -0.2) is 17.8 Å². The first-order chi connectivity index (χ1) is 10.9. The molecule has 23 heavy (non-hydrogen) atoms. The lowest BCUT2D eigenvalue weighted by atomic mass is 10.2. The smallest absolute Gasteiger partial charge is 0.267 e. The van der Waals surface area contributed by atoms with Gasteiger partial charge in [0.15, 0.2) is 5.13 Å². The highest BCUT2D eigenvalue weighted by Gasteiger charge is 2.21. The van der Waals surface area contributed by atoms with Gasteiger partial charge < -0.3 is 4.74 Å². The topological polar surface area (TPSA) is 68.3 Å². The molecule has 0 aliphatic carbocycles. The third-order valence-electron chi connectivity index (χ3n) is 3.18. The summed E-state index contributed by atoms with van der Waals surface area (Å²) < 4.78 is 46.5. The molecule has 0 saturated carbocycles. The van der Waals surface area contributed by atoms with E-state index >= 15 is 0 Å². The van der Waals surface area contributed by atoms with E-state index in [0.29, 0.717) is 10.2 Å². The number of nitrogens with zero attached hydrogens (tertiary/aromatic N) is 1. The molecule has 1 N–H and O–H groups in total. The highest BCUT2D eigenvalue weighted by atomic mass is 32.2. The van der Waals surface area contributed by atoms with E-state index in [1.165, 1.54) is 31.4 Å². The highest BCUT2D eigenvalue weighted by molar-refractivity contribution is 7.93. The van der Waals surface area contributed by atoms with Crippen molar-refractivity contribution in [2.75, 3.05) is 11.8 Å². The number of sulfonamides is 1. The second-order valence-electron chi connectivity index (χ2n) is 4.89. The van der Waals surface area contributed by atoms with Crippen molar-refractivity contribution in [2.45, 2.75) is 11.8 Å². The number of hydrogen-bond donors (Lipinski definition) is 1. The van der Waals surface area contributed by atoms with Crippen molar-refractivity contribution in [2.24, 2.45) is 0 Å². The molecule has 0 fully saturated rings. The number of thiazole rings is 1. The molecule has 0 aliphatic rings. The molecular formula is C15H13FN2O3S2. The lowest BCUT2D eigenvalue weighted by Gasteiger charge is -2.10. The van der Waals surface area contributed by atoms with Crippen LogP contribution in [0, 0.1) is 12.7 Å². The van der Waals surface area contributed by atoms with Crippen LogP contribution in [-0.2, 0) is 10.0 Å². The van der Waals surface area contributed by atoms with Gasteiger partial charge in [0.2, 0.25) is 0 Å². The number of halogens is 1. The van der Waals surface area contributed by atoms with Crippen molar-refractivity contribution in [3.05, 3.63) is 47.8 Å². The van der Waals surface area contributed by atoms with E-state index in [2.05, 4.69) is 9.71 Å². The average molecular weight is 352 g/mol. The molecule has 0 atom stereocenters. The molecule has 3 aromatic rings. The standard InChI is InChI=1S/C15H13FN2O3S2/c1-9-3-6-12(21-2)14(7-9)23(19,20)18-15-17-11-5-4-10(16)8-13(11)22-15/h3-8H,1-2H3,(H,17,18). The molecule has 1 heterocycles. The van der Waals surface area contributed by atoms with Crippen molar-refractivity contribution in [3.63, 3.8) is 0 Å². The second kappa shape index (κ2) is 5.78. The Morgan fingerprint density at radius 2 is 2.00 bits per heavy atom. The molecule has 0 amide bonds. The number of rotatable bonds is 4. The zero-order valence-corrected chi connectivity index (χ0v) is 14.0. The first kappa shape index (κ1) is 15.7. The van der Waals surface area contributed by atoms with E-state index in [-0.39, 0.29) is 15.8 Å². The van der Waals surface area contributed by atoms with E-state index in [0.717, 1.165) is 16.9 Å². The minimum Gasteiger partial charge on any atom is -0.495 e. The van der Waals surface area contributed by atoms with Crippen LogP contribution in [0.15, 0.2) is 41.3 Å². The lowest BCUT2D eigenvalue weighted by molar-refractivity contribution is 0.402. The van der Waals surface area contributed by atoms with E-state index < -0.39 is 15.8 Å². The Morgan fingerprint density at radius 3 is 2.74 bits per heavy atom. The maximum atomic E-state index is 13.2. The Bertz CT molecular complexity index is 984. The van der Waals surface area contributed by atoms with E-state index in [1.807, 2.05) is 0 Å². The summed E-state index contributed by atoms with van der Waals surface area (Å²) in [5.41, 5.74) is 1.32. The molecule has 2 aromatic carbocycles. The Hall–Kier alpha value is -2.19. The van der Waals surface area contributed by atoms with E-state index in [4.69, 9.17) is 4.74 Å². The number of methoxy groups -OCH3 is 1. The summed E-state index contributed by atoms with van der Waals surface area (Å²) in [4.78, 5) is 4.20. The monoisotopic (exact) mass is 352 g/mol. The molecule has 0 bridgehead atoms. The third-order valence-corrected chi connectivity index (χ3v) is 5.60. The van der Waals surface area contributed by atoms with Gasteiger partial charge in [0.1, 0.15) is 16.5 Å². The van der Waals surface area contributed by atoms with Gasteiger partial charge >= 0.3 is 0 Å². The predicted octanol–water partition coefficient (Wildman–Crippen LogP) is 3.55. The minimum absolute atomic E-state index is 0.0328. The molecular weight excluding hydrogens is 339 g/mol. The SMILES string of the molecule is COc1ccc(C)cc1S(=O)(=O)Nc1nc2ccc(F)cc2s1.